The van der Waals surface area contributed by atoms with Crippen LogP contribution in [0.4, 0.5) is 0 Å². The second kappa shape index (κ2) is 8.06. The maximum Gasteiger partial charge on any atom is 0.0629 e. The fourth-order valence-electron chi connectivity index (χ4n) is 7.41. The first kappa shape index (κ1) is 15.0. The summed E-state index contributed by atoms with van der Waals surface area (Å²) >= 11 is 0. The van der Waals surface area contributed by atoms with Crippen molar-refractivity contribution < 1.29 is 13.7 Å². The Hall–Kier alpha value is -5.46. The molecule has 0 spiro atoms. The third-order valence-electron chi connectivity index (χ3n) is 8.88. The Morgan fingerprint density at radius 2 is 0.833 bits per heavy atom. The van der Waals surface area contributed by atoms with Crippen molar-refractivity contribution in [1.82, 2.24) is 0 Å². The van der Waals surface area contributed by atoms with Crippen LogP contribution in [0.3, 0.4) is 0 Å². The highest BCUT2D eigenvalue weighted by molar-refractivity contribution is 6.44. The summed E-state index contributed by atoms with van der Waals surface area (Å²) in [5, 5.41) is 11.3. The molecule has 10 rings (SSSR count). The van der Waals surface area contributed by atoms with Gasteiger partial charge in [-0.2, -0.15) is 0 Å². The molecule has 0 aliphatic heterocycles. The summed E-state index contributed by atoms with van der Waals surface area (Å²) in [5.41, 5.74) is 0.968. The number of fused-ring (bicyclic) bond motifs is 8. The maximum atomic E-state index is 9.29. The van der Waals surface area contributed by atoms with Crippen LogP contribution in [0.2, 0.25) is 0 Å². The monoisotopic (exact) mass is 538 g/mol. The molecule has 0 saturated carbocycles. The van der Waals surface area contributed by atoms with Crippen LogP contribution >= 0.6 is 0 Å². The minimum atomic E-state index is -0.497. The molecule has 0 heteroatoms. The van der Waals surface area contributed by atoms with Gasteiger partial charge in [0.05, 0.1) is 13.7 Å². The Bertz CT molecular complexity index is 3170. The van der Waals surface area contributed by atoms with E-state index in [9.17, 15) is 5.48 Å². The second-order valence-electron chi connectivity index (χ2n) is 10.8. The van der Waals surface area contributed by atoms with E-state index in [0.29, 0.717) is 32.7 Å². The second-order valence-corrected chi connectivity index (χ2v) is 10.8. The highest BCUT2D eigenvalue weighted by atomic mass is 14.3. The van der Waals surface area contributed by atoms with Crippen molar-refractivity contribution in [3.63, 3.8) is 0 Å². The molecule has 0 unspecified atom stereocenters. The summed E-state index contributed by atoms with van der Waals surface area (Å²) in [4.78, 5) is 0. The molecule has 0 saturated heterocycles. The summed E-state index contributed by atoms with van der Waals surface area (Å²) in [6.45, 7) is 0. The highest BCUT2D eigenvalue weighted by Crippen LogP contribution is 2.54. The van der Waals surface area contributed by atoms with Crippen LogP contribution in [0.1, 0.15) is 13.7 Å². The van der Waals surface area contributed by atoms with Gasteiger partial charge in [0.1, 0.15) is 0 Å². The van der Waals surface area contributed by atoms with Gasteiger partial charge in [0.2, 0.25) is 0 Å². The number of hydrogen-bond donors (Lipinski definition) is 0. The number of rotatable bonds is 2. The molecule has 0 aromatic heterocycles. The molecule has 0 fully saturated rings. The third kappa shape index (κ3) is 2.72. The van der Waals surface area contributed by atoms with Crippen LogP contribution in [0.5, 0.6) is 0 Å². The van der Waals surface area contributed by atoms with Gasteiger partial charge in [-0.15, -0.1) is 0 Å². The normalized spacial score (nSPS) is 15.6. The van der Waals surface area contributed by atoms with Crippen LogP contribution in [0, 0.1) is 0 Å². The standard InChI is InChI=1S/C42H24/c1-3-12-26(13-4-1)37-35-24-34-29-19-8-7-18-28(29)30-20-11-23-33(39(30)34)40(35)38(27-14-5-2-6-15-27)42-32-22-10-17-25-16-9-21-31(36(25)32)41(37)42/h1-24H/i1D,2D,3D,4D,5D,6D,12D,13D,14D,15D. The molecule has 10 aromatic rings. The van der Waals surface area contributed by atoms with E-state index in [1.165, 1.54) is 0 Å². The van der Waals surface area contributed by atoms with Crippen molar-refractivity contribution in [1.29, 1.82) is 0 Å². The smallest absolute Gasteiger partial charge is 0.0622 e. The van der Waals surface area contributed by atoms with E-state index in [2.05, 4.69) is 6.07 Å². The summed E-state index contributed by atoms with van der Waals surface area (Å²) in [7, 11) is 0. The lowest BCUT2D eigenvalue weighted by atomic mass is 9.84. The van der Waals surface area contributed by atoms with Crippen LogP contribution < -0.4 is 0 Å². The SMILES string of the molecule is [2H]c1c([2H])c([2H])c(-c2c3cc4c5ccccc5c5cccc(c3c(-c3c([2H])c([2H])c([2H])c([2H])c3[2H])c3c6cccc7cccc(c23)c76)c54)c([2H])c1[2H]. The Morgan fingerprint density at radius 3 is 1.50 bits per heavy atom. The average molecular weight is 539 g/mol. The minimum Gasteiger partial charge on any atom is -0.0622 e. The van der Waals surface area contributed by atoms with Crippen molar-refractivity contribution in [2.45, 2.75) is 0 Å². The van der Waals surface area contributed by atoms with Crippen LogP contribution in [0.25, 0.3) is 97.7 Å². The molecule has 0 nitrogen and oxygen atoms in total. The Kier molecular flexibility index (Phi) is 2.87. The molecule has 0 amide bonds. The van der Waals surface area contributed by atoms with Gasteiger partial charge >= 0.3 is 0 Å². The lowest BCUT2D eigenvalue weighted by Crippen LogP contribution is -1.91. The first-order chi connectivity index (χ1) is 25.0. The topological polar surface area (TPSA) is 0 Å². The lowest BCUT2D eigenvalue weighted by Gasteiger charge is -2.19. The lowest BCUT2D eigenvalue weighted by molar-refractivity contribution is 1.68. The predicted molar refractivity (Wildman–Crippen MR) is 182 cm³/mol. The third-order valence-corrected chi connectivity index (χ3v) is 8.88. The molecule has 0 atom stereocenters. The highest BCUT2D eigenvalue weighted by Gasteiger charge is 2.25. The zero-order chi connectivity index (χ0) is 36.1. The van der Waals surface area contributed by atoms with Crippen LogP contribution in [0.15, 0.2) is 145 Å². The zero-order valence-electron chi connectivity index (χ0n) is 32.1. The zero-order valence-corrected chi connectivity index (χ0v) is 22.1. The molecule has 0 radical (unpaired) electrons. The van der Waals surface area contributed by atoms with E-state index >= 15 is 0 Å². The van der Waals surface area contributed by atoms with Gasteiger partial charge in [0, 0.05) is 0 Å². The summed E-state index contributed by atoms with van der Waals surface area (Å²) < 4.78 is 89.0. The van der Waals surface area contributed by atoms with Crippen LogP contribution in [-0.4, -0.2) is 0 Å². The summed E-state index contributed by atoms with van der Waals surface area (Å²) in [6, 6.07) is 23.5. The van der Waals surface area contributed by atoms with Crippen molar-refractivity contribution in [2.24, 2.45) is 0 Å². The van der Waals surface area contributed by atoms with E-state index < -0.39 is 36.3 Å². The van der Waals surface area contributed by atoms with Crippen molar-refractivity contribution >= 4 is 75.4 Å². The van der Waals surface area contributed by atoms with E-state index in [1.807, 2.05) is 78.9 Å². The van der Waals surface area contributed by atoms with Crippen LogP contribution in [-0.2, 0) is 0 Å². The summed E-state index contributed by atoms with van der Waals surface area (Å²) in [5.74, 6) is 0. The quantitative estimate of drug-likeness (QED) is 0.192. The first-order valence-electron chi connectivity index (χ1n) is 18.9. The van der Waals surface area contributed by atoms with Gasteiger partial charge in [-0.25, -0.2) is 0 Å². The molecule has 0 heterocycles. The fourth-order valence-corrected chi connectivity index (χ4v) is 7.41. The average Bonchev–Trinajstić information content (AvgIpc) is 3.67. The molecule has 0 aliphatic carbocycles. The van der Waals surface area contributed by atoms with E-state index in [1.54, 1.807) is 0 Å². The molecule has 192 valence electrons. The van der Waals surface area contributed by atoms with Gasteiger partial charge in [-0.3, -0.25) is 0 Å². The molecular weight excluding hydrogens is 504 g/mol. The predicted octanol–water partition coefficient (Wildman–Crippen LogP) is 12.0. The Morgan fingerprint density at radius 1 is 0.333 bits per heavy atom. The minimum absolute atomic E-state index is 0.0404. The van der Waals surface area contributed by atoms with Gasteiger partial charge in [0.25, 0.3) is 0 Å². The van der Waals surface area contributed by atoms with Gasteiger partial charge in [-0.1, -0.05) is 139 Å². The van der Waals surface area contributed by atoms with Crippen molar-refractivity contribution in [3.05, 3.63) is 145 Å². The Labute approximate surface area is 256 Å². The summed E-state index contributed by atoms with van der Waals surface area (Å²) in [6.07, 6.45) is 0. The van der Waals surface area contributed by atoms with E-state index in [-0.39, 0.29) is 35.3 Å². The molecule has 0 bridgehead atoms. The van der Waals surface area contributed by atoms with E-state index in [4.69, 9.17) is 8.22 Å². The van der Waals surface area contributed by atoms with E-state index in [0.717, 1.165) is 53.9 Å². The van der Waals surface area contributed by atoms with Crippen molar-refractivity contribution in [2.75, 3.05) is 0 Å². The molecule has 42 heavy (non-hydrogen) atoms. The van der Waals surface area contributed by atoms with Gasteiger partial charge < -0.3 is 0 Å². The maximum absolute atomic E-state index is 9.29. The molecule has 0 N–H and O–H groups in total. The fraction of sp³-hybridized carbons (Fsp3) is 0. The number of hydrogen-bond acceptors (Lipinski definition) is 0. The van der Waals surface area contributed by atoms with Gasteiger partial charge in [0.15, 0.2) is 0 Å². The first-order valence-corrected chi connectivity index (χ1v) is 13.9. The Balaban J connectivity index is 1.65. The van der Waals surface area contributed by atoms with Gasteiger partial charge in [-0.05, 0) is 104 Å². The number of benzene rings is 8. The van der Waals surface area contributed by atoms with Crippen molar-refractivity contribution in [3.8, 4) is 22.3 Å². The molecule has 10 aromatic carbocycles. The largest absolute Gasteiger partial charge is 0.0629 e. The molecule has 0 aliphatic rings. The molecular formula is C42H24.